The van der Waals surface area contributed by atoms with Crippen molar-refractivity contribution in [1.29, 1.82) is 0 Å². The Morgan fingerprint density at radius 2 is 2.22 bits per heavy atom. The molecule has 1 aromatic rings. The summed E-state index contributed by atoms with van der Waals surface area (Å²) in [6, 6.07) is 2.43. The fraction of sp³-hybridized carbons (Fsp3) is 0.733. The van der Waals surface area contributed by atoms with Crippen LogP contribution >= 0.6 is 0 Å². The smallest absolute Gasteiger partial charge is 0.0462 e. The summed E-state index contributed by atoms with van der Waals surface area (Å²) >= 11 is 0. The molecule has 0 aromatic carbocycles. The molecule has 1 heterocycles. The van der Waals surface area contributed by atoms with Gasteiger partial charge in [0.2, 0.25) is 0 Å². The lowest BCUT2D eigenvalue weighted by molar-refractivity contribution is 0.191. The second-order valence-corrected chi connectivity index (χ2v) is 6.26. The van der Waals surface area contributed by atoms with Gasteiger partial charge in [-0.2, -0.15) is 0 Å². The summed E-state index contributed by atoms with van der Waals surface area (Å²) < 4.78 is 7.49. The number of nitrogens with two attached hydrogens (primary N) is 1. The molecular formula is C15H26N2O. The standard InChI is InChI=1S/C15H26N2O/c1-15(2)10-13(16)12-6-8-17(14(12)11-15)7-4-5-9-18-3/h6,8,13H,4-5,7,9-11,16H2,1-3H3. The monoisotopic (exact) mass is 250 g/mol. The molecule has 0 saturated heterocycles. The number of methoxy groups -OCH3 is 1. The van der Waals surface area contributed by atoms with E-state index in [0.717, 1.165) is 32.4 Å². The van der Waals surface area contributed by atoms with Crippen molar-refractivity contribution < 1.29 is 4.74 Å². The fourth-order valence-corrected chi connectivity index (χ4v) is 3.03. The highest BCUT2D eigenvalue weighted by Crippen LogP contribution is 2.39. The summed E-state index contributed by atoms with van der Waals surface area (Å²) in [4.78, 5) is 0. The molecular weight excluding hydrogens is 224 g/mol. The topological polar surface area (TPSA) is 40.2 Å². The fourth-order valence-electron chi connectivity index (χ4n) is 3.03. The number of rotatable bonds is 5. The van der Waals surface area contributed by atoms with Crippen LogP contribution in [0, 0.1) is 5.41 Å². The van der Waals surface area contributed by atoms with Crippen molar-refractivity contribution in [3.63, 3.8) is 0 Å². The second-order valence-electron chi connectivity index (χ2n) is 6.26. The van der Waals surface area contributed by atoms with Gasteiger partial charge in [0.05, 0.1) is 0 Å². The van der Waals surface area contributed by atoms with E-state index >= 15 is 0 Å². The van der Waals surface area contributed by atoms with Gasteiger partial charge in [0.25, 0.3) is 0 Å². The molecule has 2 rings (SSSR count). The van der Waals surface area contributed by atoms with Crippen molar-refractivity contribution in [2.45, 2.75) is 52.1 Å². The van der Waals surface area contributed by atoms with Crippen LogP contribution in [0.5, 0.6) is 0 Å². The third-order valence-corrected chi connectivity index (χ3v) is 3.93. The van der Waals surface area contributed by atoms with Crippen LogP contribution < -0.4 is 5.73 Å². The average Bonchev–Trinajstić information content (AvgIpc) is 2.66. The Morgan fingerprint density at radius 1 is 1.44 bits per heavy atom. The van der Waals surface area contributed by atoms with Gasteiger partial charge in [0.15, 0.2) is 0 Å². The third kappa shape index (κ3) is 2.96. The number of aromatic nitrogens is 1. The molecule has 0 bridgehead atoms. The first-order valence-electron chi connectivity index (χ1n) is 6.96. The van der Waals surface area contributed by atoms with Crippen molar-refractivity contribution in [3.05, 3.63) is 23.5 Å². The summed E-state index contributed by atoms with van der Waals surface area (Å²) in [7, 11) is 1.76. The molecule has 0 amide bonds. The van der Waals surface area contributed by atoms with Crippen LogP contribution in [0.4, 0.5) is 0 Å². The van der Waals surface area contributed by atoms with Crippen LogP contribution in [0.3, 0.4) is 0 Å². The van der Waals surface area contributed by atoms with E-state index in [1.165, 1.54) is 17.7 Å². The Morgan fingerprint density at radius 3 is 2.94 bits per heavy atom. The minimum absolute atomic E-state index is 0.212. The predicted molar refractivity (Wildman–Crippen MR) is 74.6 cm³/mol. The quantitative estimate of drug-likeness (QED) is 0.816. The molecule has 1 atom stereocenters. The lowest BCUT2D eigenvalue weighted by Gasteiger charge is -2.34. The molecule has 102 valence electrons. The molecule has 0 spiro atoms. The number of fused-ring (bicyclic) bond motifs is 1. The molecule has 1 unspecified atom stereocenters. The summed E-state index contributed by atoms with van der Waals surface area (Å²) in [5, 5.41) is 0. The van der Waals surface area contributed by atoms with Crippen molar-refractivity contribution in [2.24, 2.45) is 11.1 Å². The lowest BCUT2D eigenvalue weighted by atomic mass is 9.74. The summed E-state index contributed by atoms with van der Waals surface area (Å²) in [6.45, 7) is 6.58. The van der Waals surface area contributed by atoms with Crippen LogP contribution in [0.25, 0.3) is 0 Å². The van der Waals surface area contributed by atoms with E-state index in [9.17, 15) is 0 Å². The van der Waals surface area contributed by atoms with E-state index < -0.39 is 0 Å². The van der Waals surface area contributed by atoms with Gasteiger partial charge in [-0.15, -0.1) is 0 Å². The Kier molecular flexibility index (Phi) is 4.13. The molecule has 0 fully saturated rings. The maximum atomic E-state index is 6.28. The van der Waals surface area contributed by atoms with Gasteiger partial charge in [0.1, 0.15) is 0 Å². The molecule has 1 aliphatic carbocycles. The first kappa shape index (κ1) is 13.6. The number of nitrogens with zero attached hydrogens (tertiary/aromatic N) is 1. The summed E-state index contributed by atoms with van der Waals surface area (Å²) in [5.74, 6) is 0. The maximum Gasteiger partial charge on any atom is 0.0462 e. The van der Waals surface area contributed by atoms with Crippen LogP contribution in [0.2, 0.25) is 0 Å². The molecule has 0 radical (unpaired) electrons. The van der Waals surface area contributed by atoms with E-state index in [0.29, 0.717) is 5.41 Å². The van der Waals surface area contributed by atoms with Crippen molar-refractivity contribution >= 4 is 0 Å². The number of unbranched alkanes of at least 4 members (excludes halogenated alkanes) is 1. The summed E-state index contributed by atoms with van der Waals surface area (Å²) in [5.41, 5.74) is 9.42. The van der Waals surface area contributed by atoms with E-state index in [-0.39, 0.29) is 6.04 Å². The molecule has 1 aliphatic rings. The van der Waals surface area contributed by atoms with Crippen LogP contribution in [0.1, 0.15) is 50.4 Å². The van der Waals surface area contributed by atoms with Gasteiger partial charge in [-0.3, -0.25) is 0 Å². The highest BCUT2D eigenvalue weighted by molar-refractivity contribution is 5.30. The van der Waals surface area contributed by atoms with Crippen LogP contribution in [-0.2, 0) is 17.7 Å². The van der Waals surface area contributed by atoms with Gasteiger partial charge in [-0.05, 0) is 42.7 Å². The molecule has 2 N–H and O–H groups in total. The first-order chi connectivity index (χ1) is 8.53. The summed E-state index contributed by atoms with van der Waals surface area (Å²) in [6.07, 6.45) is 6.74. The highest BCUT2D eigenvalue weighted by atomic mass is 16.5. The number of hydrogen-bond donors (Lipinski definition) is 1. The zero-order valence-electron chi connectivity index (χ0n) is 11.9. The minimum atomic E-state index is 0.212. The first-order valence-corrected chi connectivity index (χ1v) is 6.96. The van der Waals surface area contributed by atoms with Crippen LogP contribution in [-0.4, -0.2) is 18.3 Å². The van der Waals surface area contributed by atoms with Crippen molar-refractivity contribution in [3.8, 4) is 0 Å². The molecule has 0 saturated carbocycles. The Bertz CT molecular complexity index is 395. The number of ether oxygens (including phenoxy) is 1. The minimum Gasteiger partial charge on any atom is -0.385 e. The largest absolute Gasteiger partial charge is 0.385 e. The molecule has 18 heavy (non-hydrogen) atoms. The van der Waals surface area contributed by atoms with E-state index in [1.54, 1.807) is 7.11 Å². The SMILES string of the molecule is COCCCCn1ccc2c1CC(C)(C)CC2N. The molecule has 3 heteroatoms. The Labute approximate surface area is 110 Å². The van der Waals surface area contributed by atoms with Gasteiger partial charge < -0.3 is 15.0 Å². The van der Waals surface area contributed by atoms with Crippen LogP contribution in [0.15, 0.2) is 12.3 Å². The predicted octanol–water partition coefficient (Wildman–Crippen LogP) is 2.89. The van der Waals surface area contributed by atoms with Gasteiger partial charge in [-0.1, -0.05) is 13.8 Å². The average molecular weight is 250 g/mol. The Balaban J connectivity index is 2.06. The zero-order valence-corrected chi connectivity index (χ0v) is 11.9. The zero-order chi connectivity index (χ0) is 13.2. The lowest BCUT2D eigenvalue weighted by Crippen LogP contribution is -2.30. The molecule has 1 aromatic heterocycles. The van der Waals surface area contributed by atoms with E-state index in [1.807, 2.05) is 0 Å². The third-order valence-electron chi connectivity index (χ3n) is 3.93. The van der Waals surface area contributed by atoms with Crippen molar-refractivity contribution in [1.82, 2.24) is 4.57 Å². The van der Waals surface area contributed by atoms with Gasteiger partial charge in [0, 0.05) is 38.2 Å². The van der Waals surface area contributed by atoms with Gasteiger partial charge >= 0.3 is 0 Å². The van der Waals surface area contributed by atoms with E-state index in [2.05, 4.69) is 30.7 Å². The highest BCUT2D eigenvalue weighted by Gasteiger charge is 2.32. The van der Waals surface area contributed by atoms with Gasteiger partial charge in [-0.25, -0.2) is 0 Å². The maximum absolute atomic E-state index is 6.28. The number of aryl methyl sites for hydroxylation is 1. The van der Waals surface area contributed by atoms with Crippen molar-refractivity contribution in [2.75, 3.05) is 13.7 Å². The van der Waals surface area contributed by atoms with E-state index in [4.69, 9.17) is 10.5 Å². The second kappa shape index (κ2) is 5.45. The molecule has 0 aliphatic heterocycles. The molecule has 3 nitrogen and oxygen atoms in total. The normalized spacial score (nSPS) is 21.9. The Hall–Kier alpha value is -0.800. The number of hydrogen-bond acceptors (Lipinski definition) is 2.